The Balaban J connectivity index is 3.40. The van der Waals surface area contributed by atoms with Crippen molar-refractivity contribution in [2.24, 2.45) is 0 Å². The molecule has 0 aliphatic rings. The van der Waals surface area contributed by atoms with Crippen LogP contribution < -0.4 is 4.90 Å². The number of aliphatic carboxylic acids is 1. The summed E-state index contributed by atoms with van der Waals surface area (Å²) in [6.07, 6.45) is -0.366. The molecule has 14 heavy (non-hydrogen) atoms. The molecular formula is C8H15FNO4+. The molecule has 0 fully saturated rings. The van der Waals surface area contributed by atoms with Crippen molar-refractivity contribution in [1.82, 2.24) is 0 Å². The van der Waals surface area contributed by atoms with Crippen LogP contribution in [0.15, 0.2) is 0 Å². The lowest BCUT2D eigenvalue weighted by Crippen LogP contribution is -3.08. The zero-order valence-corrected chi connectivity index (χ0v) is 8.09. The van der Waals surface area contributed by atoms with Gasteiger partial charge >= 0.3 is 11.9 Å². The molecule has 0 radical (unpaired) electrons. The van der Waals surface area contributed by atoms with Crippen molar-refractivity contribution in [3.8, 4) is 0 Å². The predicted octanol–water partition coefficient (Wildman–Crippen LogP) is -1.16. The summed E-state index contributed by atoms with van der Waals surface area (Å²) in [5.74, 6) is -1.59. The Morgan fingerprint density at radius 1 is 1.43 bits per heavy atom. The zero-order valence-electron chi connectivity index (χ0n) is 8.09. The van der Waals surface area contributed by atoms with Crippen molar-refractivity contribution in [2.75, 3.05) is 27.0 Å². The first-order valence-electron chi connectivity index (χ1n) is 4.31. The molecule has 0 aromatic carbocycles. The third kappa shape index (κ3) is 7.48. The van der Waals surface area contributed by atoms with Crippen molar-refractivity contribution in [2.45, 2.75) is 12.8 Å². The van der Waals surface area contributed by atoms with Crippen LogP contribution in [0.25, 0.3) is 0 Å². The topological polar surface area (TPSA) is 68.0 Å². The molecule has 0 aromatic rings. The number of esters is 1. The average molecular weight is 208 g/mol. The van der Waals surface area contributed by atoms with Gasteiger partial charge in [0.15, 0.2) is 0 Å². The van der Waals surface area contributed by atoms with Crippen molar-refractivity contribution in [1.29, 1.82) is 0 Å². The Bertz CT molecular complexity index is 198. The molecule has 1 atom stereocenters. The number of hydrogen-bond acceptors (Lipinski definition) is 3. The molecule has 0 aliphatic carbocycles. The Morgan fingerprint density at radius 3 is 2.57 bits per heavy atom. The lowest BCUT2D eigenvalue weighted by molar-refractivity contribution is -0.893. The summed E-state index contributed by atoms with van der Waals surface area (Å²) in [5, 5.41) is 8.25. The van der Waals surface area contributed by atoms with E-state index in [1.807, 2.05) is 0 Å². The summed E-state index contributed by atoms with van der Waals surface area (Å²) in [7, 11) is 1.63. The second-order valence-electron chi connectivity index (χ2n) is 2.95. The molecule has 0 bridgehead atoms. The monoisotopic (exact) mass is 208 g/mol. The van der Waals surface area contributed by atoms with E-state index in [1.54, 1.807) is 7.05 Å². The first-order valence-corrected chi connectivity index (χ1v) is 4.31. The second-order valence-corrected chi connectivity index (χ2v) is 2.95. The summed E-state index contributed by atoms with van der Waals surface area (Å²) < 4.78 is 16.6. The number of ether oxygens (including phenoxy) is 1. The van der Waals surface area contributed by atoms with Crippen LogP contribution in [0, 0.1) is 0 Å². The quantitative estimate of drug-likeness (QED) is 0.409. The van der Waals surface area contributed by atoms with E-state index in [9.17, 15) is 14.0 Å². The van der Waals surface area contributed by atoms with Gasteiger partial charge in [0.2, 0.25) is 6.80 Å². The minimum Gasteiger partial charge on any atom is -0.481 e. The van der Waals surface area contributed by atoms with Crippen molar-refractivity contribution in [3.63, 3.8) is 0 Å². The van der Waals surface area contributed by atoms with E-state index >= 15 is 0 Å². The molecule has 0 saturated carbocycles. The molecule has 1 unspecified atom stereocenters. The number of carboxylic acid groups (broad SMARTS) is 1. The Morgan fingerprint density at radius 2 is 2.07 bits per heavy atom. The van der Waals surface area contributed by atoms with Gasteiger partial charge in [-0.1, -0.05) is 0 Å². The van der Waals surface area contributed by atoms with Gasteiger partial charge in [0, 0.05) is 0 Å². The van der Waals surface area contributed by atoms with Crippen LogP contribution in [0.2, 0.25) is 0 Å². The number of likely N-dealkylation sites (N-methyl/N-ethyl adjacent to an activating group) is 1. The fourth-order valence-electron chi connectivity index (χ4n) is 0.687. The summed E-state index contributed by atoms with van der Waals surface area (Å²) in [6, 6.07) is 0. The maximum atomic E-state index is 11.9. The van der Waals surface area contributed by atoms with Gasteiger partial charge in [0.1, 0.15) is 13.2 Å². The first-order chi connectivity index (χ1) is 6.56. The highest BCUT2D eigenvalue weighted by Gasteiger charge is 2.07. The van der Waals surface area contributed by atoms with Crippen LogP contribution in [0.3, 0.4) is 0 Å². The van der Waals surface area contributed by atoms with Gasteiger partial charge < -0.3 is 14.7 Å². The first kappa shape index (κ1) is 12.8. The Hall–Kier alpha value is -1.17. The maximum absolute atomic E-state index is 11.9. The van der Waals surface area contributed by atoms with E-state index in [4.69, 9.17) is 5.11 Å². The van der Waals surface area contributed by atoms with Crippen molar-refractivity contribution >= 4 is 11.9 Å². The average Bonchev–Trinajstić information content (AvgIpc) is 2.14. The molecule has 6 heteroatoms. The van der Waals surface area contributed by atoms with Crippen molar-refractivity contribution in [3.05, 3.63) is 0 Å². The highest BCUT2D eigenvalue weighted by Crippen LogP contribution is 1.91. The van der Waals surface area contributed by atoms with Gasteiger partial charge in [-0.05, 0) is 0 Å². The van der Waals surface area contributed by atoms with Crippen LogP contribution in [-0.2, 0) is 14.3 Å². The molecule has 0 rings (SSSR count). The number of halogens is 1. The van der Waals surface area contributed by atoms with Crippen molar-refractivity contribution < 1.29 is 28.7 Å². The minimum atomic E-state index is -1.03. The summed E-state index contributed by atoms with van der Waals surface area (Å²) in [6.45, 7) is -0.0177. The molecule has 82 valence electrons. The fraction of sp³-hybridized carbons (Fsp3) is 0.750. The van der Waals surface area contributed by atoms with Crippen LogP contribution in [0.4, 0.5) is 4.39 Å². The van der Waals surface area contributed by atoms with E-state index in [0.29, 0.717) is 11.4 Å². The van der Waals surface area contributed by atoms with E-state index in [2.05, 4.69) is 4.74 Å². The number of carbonyl (C=O) groups excluding carboxylic acids is 1. The largest absolute Gasteiger partial charge is 0.481 e. The molecule has 0 heterocycles. The predicted molar refractivity (Wildman–Crippen MR) is 45.6 cm³/mol. The highest BCUT2D eigenvalue weighted by molar-refractivity contribution is 5.76. The van der Waals surface area contributed by atoms with Crippen LogP contribution in [0.1, 0.15) is 12.8 Å². The maximum Gasteiger partial charge on any atom is 0.306 e. The molecule has 0 aromatic heterocycles. The normalized spacial score (nSPS) is 12.1. The molecule has 0 amide bonds. The number of quaternary nitrogens is 1. The highest BCUT2D eigenvalue weighted by atomic mass is 19.1. The Labute approximate surface area is 81.5 Å². The number of carboxylic acids is 1. The lowest BCUT2D eigenvalue weighted by Gasteiger charge is -2.08. The van der Waals surface area contributed by atoms with Gasteiger partial charge in [-0.3, -0.25) is 9.59 Å². The Kier molecular flexibility index (Phi) is 6.65. The third-order valence-corrected chi connectivity index (χ3v) is 1.56. The zero-order chi connectivity index (χ0) is 11.0. The van der Waals surface area contributed by atoms with Gasteiger partial charge in [-0.15, -0.1) is 0 Å². The van der Waals surface area contributed by atoms with E-state index in [0.717, 1.165) is 0 Å². The molecule has 0 saturated heterocycles. The van der Waals surface area contributed by atoms with Crippen LogP contribution >= 0.6 is 0 Å². The van der Waals surface area contributed by atoms with Gasteiger partial charge in [-0.25, -0.2) is 0 Å². The van der Waals surface area contributed by atoms with Crippen LogP contribution in [-0.4, -0.2) is 44.0 Å². The summed E-state index contributed by atoms with van der Waals surface area (Å²) >= 11 is 0. The summed E-state index contributed by atoms with van der Waals surface area (Å²) in [4.78, 5) is 21.5. The number of hydrogen-bond donors (Lipinski definition) is 2. The van der Waals surface area contributed by atoms with Crippen LogP contribution in [0.5, 0.6) is 0 Å². The van der Waals surface area contributed by atoms with E-state index in [1.165, 1.54) is 0 Å². The number of rotatable bonds is 7. The smallest absolute Gasteiger partial charge is 0.306 e. The minimum absolute atomic E-state index is 0.119. The molecule has 0 aliphatic heterocycles. The standard InChI is InChI=1S/C8H14FNO4/c1-10(6-9)4-5-14-8(13)3-2-7(11)12/h2-6H2,1H3,(H,11,12)/p+1. The molecule has 0 spiro atoms. The van der Waals surface area contributed by atoms with E-state index in [-0.39, 0.29) is 19.4 Å². The third-order valence-electron chi connectivity index (χ3n) is 1.56. The molecular weight excluding hydrogens is 193 g/mol. The molecule has 5 nitrogen and oxygen atoms in total. The second kappa shape index (κ2) is 7.25. The molecule has 2 N–H and O–H groups in total. The van der Waals surface area contributed by atoms with Gasteiger partial charge in [0.25, 0.3) is 0 Å². The van der Waals surface area contributed by atoms with E-state index < -0.39 is 18.7 Å². The SMILES string of the molecule is C[NH+](CF)CCOC(=O)CCC(=O)O. The fourth-order valence-corrected chi connectivity index (χ4v) is 0.687. The number of carbonyl (C=O) groups is 2. The summed E-state index contributed by atoms with van der Waals surface area (Å²) in [5.41, 5.74) is 0. The van der Waals surface area contributed by atoms with Gasteiger partial charge in [0.05, 0.1) is 19.9 Å². The number of nitrogens with one attached hydrogen (secondary N) is 1. The van der Waals surface area contributed by atoms with Gasteiger partial charge in [-0.2, -0.15) is 4.39 Å². The number of alkyl halides is 1. The lowest BCUT2D eigenvalue weighted by atomic mass is 10.3.